The normalized spacial score (nSPS) is 24.9. The molecule has 4 nitrogen and oxygen atoms in total. The van der Waals surface area contributed by atoms with Gasteiger partial charge in [0, 0.05) is 25.1 Å². The maximum absolute atomic E-state index is 12.9. The van der Waals surface area contributed by atoms with Crippen molar-refractivity contribution in [3.63, 3.8) is 0 Å². The van der Waals surface area contributed by atoms with Gasteiger partial charge >= 0.3 is 5.97 Å². The molecule has 1 saturated carbocycles. The molecule has 1 aromatic rings. The summed E-state index contributed by atoms with van der Waals surface area (Å²) in [6.07, 6.45) is 1.20. The summed E-state index contributed by atoms with van der Waals surface area (Å²) in [6.45, 7) is 4.67. The third kappa shape index (κ3) is 3.10. The van der Waals surface area contributed by atoms with Gasteiger partial charge in [-0.3, -0.25) is 0 Å². The second kappa shape index (κ2) is 6.22. The van der Waals surface area contributed by atoms with Gasteiger partial charge in [-0.2, -0.15) is 0 Å². The molecule has 0 radical (unpaired) electrons. The second-order valence-corrected chi connectivity index (χ2v) is 4.92. The number of esters is 1. The highest BCUT2D eigenvalue weighted by atomic mass is 19.1. The minimum absolute atomic E-state index is 0.0670. The Morgan fingerprint density at radius 3 is 2.50 bits per heavy atom. The molecule has 0 saturated heterocycles. The summed E-state index contributed by atoms with van der Waals surface area (Å²) in [4.78, 5) is 12.2. The van der Waals surface area contributed by atoms with E-state index in [9.17, 15) is 9.18 Å². The molecule has 2 rings (SSSR count). The first-order valence-electron chi connectivity index (χ1n) is 6.92. The van der Waals surface area contributed by atoms with Gasteiger partial charge in [0.1, 0.15) is 11.4 Å². The number of carbonyl (C=O) groups excluding carboxylic acids is 1. The number of carbonyl (C=O) groups is 1. The van der Waals surface area contributed by atoms with E-state index in [0.717, 1.165) is 0 Å². The zero-order valence-corrected chi connectivity index (χ0v) is 11.8. The summed E-state index contributed by atoms with van der Waals surface area (Å²) in [5.41, 5.74) is -0.0531. The van der Waals surface area contributed by atoms with E-state index in [4.69, 9.17) is 9.47 Å². The number of nitrogens with one attached hydrogen (secondary N) is 1. The number of hydrogen-bond acceptors (Lipinski definition) is 4. The molecule has 110 valence electrons. The molecular weight excluding hydrogens is 261 g/mol. The summed E-state index contributed by atoms with van der Waals surface area (Å²) in [5.74, 6) is -0.582. The van der Waals surface area contributed by atoms with Crippen LogP contribution in [-0.2, 0) is 14.3 Å². The lowest BCUT2D eigenvalue weighted by Crippen LogP contribution is -2.60. The Kier molecular flexibility index (Phi) is 4.60. The van der Waals surface area contributed by atoms with Gasteiger partial charge in [-0.25, -0.2) is 9.18 Å². The molecule has 0 unspecified atom stereocenters. The number of halogens is 1. The average molecular weight is 281 g/mol. The third-order valence-corrected chi connectivity index (χ3v) is 3.45. The van der Waals surface area contributed by atoms with E-state index in [1.807, 2.05) is 6.92 Å². The summed E-state index contributed by atoms with van der Waals surface area (Å²) in [5, 5.41) is 3.17. The third-order valence-electron chi connectivity index (χ3n) is 3.45. The molecule has 0 spiro atoms. The van der Waals surface area contributed by atoms with Gasteiger partial charge < -0.3 is 14.8 Å². The first-order chi connectivity index (χ1) is 9.59. The van der Waals surface area contributed by atoms with Crippen LogP contribution in [0.3, 0.4) is 0 Å². The van der Waals surface area contributed by atoms with Crippen LogP contribution in [0.1, 0.15) is 26.7 Å². The lowest BCUT2D eigenvalue weighted by molar-refractivity contribution is -0.158. The van der Waals surface area contributed by atoms with Crippen molar-refractivity contribution in [1.29, 1.82) is 0 Å². The molecular formula is C15H20FNO3. The molecule has 1 aliphatic rings. The molecule has 1 fully saturated rings. The number of hydrogen-bond donors (Lipinski definition) is 1. The first-order valence-corrected chi connectivity index (χ1v) is 6.92. The molecule has 1 aliphatic carbocycles. The predicted molar refractivity (Wildman–Crippen MR) is 74.0 cm³/mol. The molecule has 0 amide bonds. The maximum atomic E-state index is 12.9. The van der Waals surface area contributed by atoms with E-state index in [1.165, 1.54) is 12.1 Å². The van der Waals surface area contributed by atoms with Crippen LogP contribution in [0, 0.1) is 5.82 Å². The molecule has 0 atom stereocenters. The second-order valence-electron chi connectivity index (χ2n) is 4.92. The molecule has 0 aromatic heterocycles. The Hall–Kier alpha value is -1.62. The average Bonchev–Trinajstić information content (AvgIpc) is 2.39. The van der Waals surface area contributed by atoms with E-state index >= 15 is 0 Å². The standard InChI is InChI=1S/C15H20FNO3/c1-3-19-13-9-15(10-13,14(18)20-4-2)17-12-7-5-11(16)6-8-12/h5-8,13,17H,3-4,9-10H2,1-2H3. The van der Waals surface area contributed by atoms with Crippen LogP contribution in [0.25, 0.3) is 0 Å². The fourth-order valence-electron chi connectivity index (χ4n) is 2.47. The van der Waals surface area contributed by atoms with Gasteiger partial charge in [0.15, 0.2) is 0 Å². The van der Waals surface area contributed by atoms with Crippen LogP contribution < -0.4 is 5.32 Å². The number of rotatable bonds is 6. The van der Waals surface area contributed by atoms with Gasteiger partial charge in [-0.1, -0.05) is 0 Å². The highest BCUT2D eigenvalue weighted by molar-refractivity contribution is 5.86. The Labute approximate surface area is 118 Å². The molecule has 0 heterocycles. The number of benzene rings is 1. The molecule has 0 aliphatic heterocycles. The molecule has 0 bridgehead atoms. The largest absolute Gasteiger partial charge is 0.464 e. The zero-order valence-electron chi connectivity index (χ0n) is 11.8. The first kappa shape index (κ1) is 14.8. The van der Waals surface area contributed by atoms with Crippen molar-refractivity contribution in [2.24, 2.45) is 0 Å². The molecule has 1 aromatic carbocycles. The van der Waals surface area contributed by atoms with E-state index in [-0.39, 0.29) is 17.9 Å². The van der Waals surface area contributed by atoms with Crippen molar-refractivity contribution in [2.75, 3.05) is 18.5 Å². The Bertz CT molecular complexity index is 455. The van der Waals surface area contributed by atoms with Crippen molar-refractivity contribution < 1.29 is 18.7 Å². The van der Waals surface area contributed by atoms with Crippen LogP contribution in [0.15, 0.2) is 24.3 Å². The smallest absolute Gasteiger partial charge is 0.331 e. The van der Waals surface area contributed by atoms with E-state index in [2.05, 4.69) is 5.32 Å². The maximum Gasteiger partial charge on any atom is 0.331 e. The topological polar surface area (TPSA) is 47.6 Å². The minimum atomic E-state index is -0.756. The van der Waals surface area contributed by atoms with Crippen LogP contribution in [0.5, 0.6) is 0 Å². The van der Waals surface area contributed by atoms with Crippen LogP contribution in [-0.4, -0.2) is 30.8 Å². The SMILES string of the molecule is CCOC(=O)C1(Nc2ccc(F)cc2)CC(OCC)C1. The van der Waals surface area contributed by atoms with Gasteiger partial charge in [0.05, 0.1) is 12.7 Å². The lowest BCUT2D eigenvalue weighted by Gasteiger charge is -2.45. The Balaban J connectivity index is 2.08. The van der Waals surface area contributed by atoms with Gasteiger partial charge in [-0.05, 0) is 38.1 Å². The molecule has 1 N–H and O–H groups in total. The fraction of sp³-hybridized carbons (Fsp3) is 0.533. The highest BCUT2D eigenvalue weighted by Crippen LogP contribution is 2.38. The summed E-state index contributed by atoms with van der Waals surface area (Å²) in [7, 11) is 0. The van der Waals surface area contributed by atoms with Gasteiger partial charge in [0.25, 0.3) is 0 Å². The molecule has 20 heavy (non-hydrogen) atoms. The van der Waals surface area contributed by atoms with E-state index in [0.29, 0.717) is 31.7 Å². The summed E-state index contributed by atoms with van der Waals surface area (Å²) >= 11 is 0. The van der Waals surface area contributed by atoms with Crippen LogP contribution in [0.2, 0.25) is 0 Å². The van der Waals surface area contributed by atoms with Crippen molar-refractivity contribution in [3.05, 3.63) is 30.1 Å². The van der Waals surface area contributed by atoms with E-state index in [1.54, 1.807) is 19.1 Å². The quantitative estimate of drug-likeness (QED) is 0.814. The summed E-state index contributed by atoms with van der Waals surface area (Å²) < 4.78 is 23.6. The Morgan fingerprint density at radius 1 is 1.30 bits per heavy atom. The fourth-order valence-corrected chi connectivity index (χ4v) is 2.47. The van der Waals surface area contributed by atoms with Crippen LogP contribution in [0.4, 0.5) is 10.1 Å². The van der Waals surface area contributed by atoms with Gasteiger partial charge in [0.2, 0.25) is 0 Å². The number of anilines is 1. The lowest BCUT2D eigenvalue weighted by atomic mass is 9.74. The van der Waals surface area contributed by atoms with Crippen molar-refractivity contribution in [2.45, 2.75) is 38.3 Å². The monoisotopic (exact) mass is 281 g/mol. The molecule has 5 heteroatoms. The summed E-state index contributed by atoms with van der Waals surface area (Å²) in [6, 6.07) is 5.95. The Morgan fingerprint density at radius 2 is 1.95 bits per heavy atom. The van der Waals surface area contributed by atoms with E-state index < -0.39 is 5.54 Å². The van der Waals surface area contributed by atoms with Crippen LogP contribution >= 0.6 is 0 Å². The number of ether oxygens (including phenoxy) is 2. The zero-order chi connectivity index (χ0) is 14.6. The van der Waals surface area contributed by atoms with Gasteiger partial charge in [-0.15, -0.1) is 0 Å². The highest BCUT2D eigenvalue weighted by Gasteiger charge is 2.52. The van der Waals surface area contributed by atoms with Crippen molar-refractivity contribution in [3.8, 4) is 0 Å². The van der Waals surface area contributed by atoms with Crippen molar-refractivity contribution in [1.82, 2.24) is 0 Å². The minimum Gasteiger partial charge on any atom is -0.464 e. The van der Waals surface area contributed by atoms with Crippen molar-refractivity contribution >= 4 is 11.7 Å². The predicted octanol–water partition coefficient (Wildman–Crippen LogP) is 2.74.